The van der Waals surface area contributed by atoms with Crippen molar-refractivity contribution in [3.63, 3.8) is 0 Å². The Hall–Kier alpha value is -1.72. The smallest absolute Gasteiger partial charge is 0.377 e. The maximum atomic E-state index is 11.2. The molecule has 0 aliphatic carbocycles. The molecule has 5 nitrogen and oxygen atoms in total. The molecule has 1 aromatic rings. The Morgan fingerprint density at radius 2 is 1.89 bits per heavy atom. The average molecular weight is 250 g/mol. The number of aliphatic carboxylic acids is 1. The van der Waals surface area contributed by atoms with Crippen molar-refractivity contribution in [3.8, 4) is 0 Å². The second-order valence-corrected chi connectivity index (χ2v) is 4.57. The number of carboxylic acids is 1. The second-order valence-electron chi connectivity index (χ2n) is 4.57. The van der Waals surface area contributed by atoms with Crippen molar-refractivity contribution in [1.29, 1.82) is 0 Å². The van der Waals surface area contributed by atoms with Gasteiger partial charge in [0.15, 0.2) is 5.79 Å². The molecule has 5 heteroatoms. The van der Waals surface area contributed by atoms with Crippen LogP contribution in [-0.4, -0.2) is 29.3 Å². The van der Waals surface area contributed by atoms with Crippen LogP contribution in [0.4, 0.5) is 0 Å². The van der Waals surface area contributed by atoms with Crippen LogP contribution in [0.2, 0.25) is 0 Å². The molecule has 1 heterocycles. The highest BCUT2D eigenvalue weighted by molar-refractivity contribution is 6.39. The molecule has 1 aromatic carbocycles. The molecule has 0 spiro atoms. The summed E-state index contributed by atoms with van der Waals surface area (Å²) in [5.41, 5.74) is 1.02. The summed E-state index contributed by atoms with van der Waals surface area (Å²) in [4.78, 5) is 21.8. The Bertz CT molecular complexity index is 475. The summed E-state index contributed by atoms with van der Waals surface area (Å²) in [7, 11) is 0. The quantitative estimate of drug-likeness (QED) is 0.654. The molecule has 2 rings (SSSR count). The third kappa shape index (κ3) is 2.57. The number of carbonyl (C=O) groups is 2. The first kappa shape index (κ1) is 12.7. The van der Waals surface area contributed by atoms with E-state index >= 15 is 0 Å². The molecule has 1 N–H and O–H groups in total. The molecule has 0 bridgehead atoms. The number of benzene rings is 1. The maximum absolute atomic E-state index is 11.2. The highest BCUT2D eigenvalue weighted by atomic mass is 16.7. The molecule has 0 aromatic heterocycles. The standard InChI is InChI=1S/C13H14O5/c1-13(2)17-7-10(18-13)8-3-5-9(6-4-8)11(14)12(15)16/h3-6,10H,7H2,1-2H3,(H,15,16). The molecule has 1 saturated heterocycles. The summed E-state index contributed by atoms with van der Waals surface area (Å²) in [5.74, 6) is -2.98. The van der Waals surface area contributed by atoms with Gasteiger partial charge >= 0.3 is 5.97 Å². The molecule has 0 amide bonds. The van der Waals surface area contributed by atoms with Gasteiger partial charge in [0.05, 0.1) is 6.61 Å². The lowest BCUT2D eigenvalue weighted by Gasteiger charge is -2.17. The number of ketones is 1. The van der Waals surface area contributed by atoms with E-state index < -0.39 is 17.5 Å². The minimum absolute atomic E-state index is 0.157. The third-order valence-electron chi connectivity index (χ3n) is 2.75. The summed E-state index contributed by atoms with van der Waals surface area (Å²) in [6.07, 6.45) is -0.186. The van der Waals surface area contributed by atoms with E-state index in [1.54, 1.807) is 12.1 Å². The van der Waals surface area contributed by atoms with Crippen LogP contribution in [0.5, 0.6) is 0 Å². The van der Waals surface area contributed by atoms with E-state index in [1.165, 1.54) is 12.1 Å². The molecule has 1 aliphatic heterocycles. The molecule has 1 unspecified atom stereocenters. The van der Waals surface area contributed by atoms with Crippen LogP contribution >= 0.6 is 0 Å². The number of ether oxygens (including phenoxy) is 2. The first-order valence-corrected chi connectivity index (χ1v) is 5.58. The molecule has 18 heavy (non-hydrogen) atoms. The van der Waals surface area contributed by atoms with Crippen LogP contribution in [0, 0.1) is 0 Å². The van der Waals surface area contributed by atoms with Crippen molar-refractivity contribution in [3.05, 3.63) is 35.4 Å². The van der Waals surface area contributed by atoms with Crippen molar-refractivity contribution in [1.82, 2.24) is 0 Å². The first-order chi connectivity index (χ1) is 8.39. The predicted octanol–water partition coefficient (Wildman–Crippen LogP) is 1.78. The Labute approximate surface area is 104 Å². The van der Waals surface area contributed by atoms with Crippen LogP contribution < -0.4 is 0 Å². The van der Waals surface area contributed by atoms with Gasteiger partial charge in [-0.2, -0.15) is 0 Å². The van der Waals surface area contributed by atoms with Gasteiger partial charge in [-0.3, -0.25) is 4.79 Å². The Morgan fingerprint density at radius 1 is 1.28 bits per heavy atom. The Morgan fingerprint density at radius 3 is 2.33 bits per heavy atom. The molecule has 96 valence electrons. The van der Waals surface area contributed by atoms with Crippen LogP contribution in [0.3, 0.4) is 0 Å². The van der Waals surface area contributed by atoms with Gasteiger partial charge in [0.25, 0.3) is 5.78 Å². The van der Waals surface area contributed by atoms with Gasteiger partial charge in [0, 0.05) is 5.56 Å². The van der Waals surface area contributed by atoms with E-state index in [0.29, 0.717) is 6.61 Å². The lowest BCUT2D eigenvalue weighted by atomic mass is 10.1. The molecular weight excluding hydrogens is 236 g/mol. The molecule has 1 atom stereocenters. The predicted molar refractivity (Wildman–Crippen MR) is 62.3 cm³/mol. The second kappa shape index (κ2) is 4.51. The lowest BCUT2D eigenvalue weighted by molar-refractivity contribution is -0.139. The fraction of sp³-hybridized carbons (Fsp3) is 0.385. The van der Waals surface area contributed by atoms with Crippen molar-refractivity contribution < 1.29 is 24.2 Å². The van der Waals surface area contributed by atoms with E-state index in [4.69, 9.17) is 14.6 Å². The molecule has 1 aliphatic rings. The van der Waals surface area contributed by atoms with Gasteiger partial charge in [-0.25, -0.2) is 4.79 Å². The van der Waals surface area contributed by atoms with Gasteiger partial charge in [-0.15, -0.1) is 0 Å². The average Bonchev–Trinajstić information content (AvgIpc) is 2.69. The van der Waals surface area contributed by atoms with E-state index in [9.17, 15) is 9.59 Å². The summed E-state index contributed by atoms with van der Waals surface area (Å²) >= 11 is 0. The maximum Gasteiger partial charge on any atom is 0.377 e. The number of rotatable bonds is 3. The van der Waals surface area contributed by atoms with E-state index in [2.05, 4.69) is 0 Å². The van der Waals surface area contributed by atoms with Gasteiger partial charge in [0.2, 0.25) is 0 Å². The lowest BCUT2D eigenvalue weighted by Crippen LogP contribution is -2.19. The van der Waals surface area contributed by atoms with Crippen molar-refractivity contribution >= 4 is 11.8 Å². The normalized spacial score (nSPS) is 21.8. The fourth-order valence-electron chi connectivity index (χ4n) is 1.82. The minimum Gasteiger partial charge on any atom is -0.475 e. The van der Waals surface area contributed by atoms with Crippen molar-refractivity contribution in [2.45, 2.75) is 25.7 Å². The molecule has 0 radical (unpaired) electrons. The van der Waals surface area contributed by atoms with Gasteiger partial charge < -0.3 is 14.6 Å². The number of hydrogen-bond donors (Lipinski definition) is 1. The first-order valence-electron chi connectivity index (χ1n) is 5.58. The number of carbonyl (C=O) groups excluding carboxylic acids is 1. The SMILES string of the molecule is CC1(C)OCC(c2ccc(C(=O)C(=O)O)cc2)O1. The molecular formula is C13H14O5. The van der Waals surface area contributed by atoms with E-state index in [-0.39, 0.29) is 11.7 Å². The van der Waals surface area contributed by atoms with Crippen molar-refractivity contribution in [2.75, 3.05) is 6.61 Å². The van der Waals surface area contributed by atoms with E-state index in [0.717, 1.165) is 5.56 Å². The minimum atomic E-state index is -1.45. The third-order valence-corrected chi connectivity index (χ3v) is 2.75. The zero-order valence-corrected chi connectivity index (χ0v) is 10.2. The Kier molecular flexibility index (Phi) is 3.19. The van der Waals surface area contributed by atoms with E-state index in [1.807, 2.05) is 13.8 Å². The van der Waals surface area contributed by atoms with Crippen LogP contribution in [0.15, 0.2) is 24.3 Å². The highest BCUT2D eigenvalue weighted by Gasteiger charge is 2.33. The Balaban J connectivity index is 2.14. The van der Waals surface area contributed by atoms with Gasteiger partial charge in [-0.1, -0.05) is 24.3 Å². The summed E-state index contributed by atoms with van der Waals surface area (Å²) < 4.78 is 11.1. The molecule has 0 saturated carbocycles. The summed E-state index contributed by atoms with van der Waals surface area (Å²) in [6, 6.07) is 6.35. The highest BCUT2D eigenvalue weighted by Crippen LogP contribution is 2.32. The zero-order chi connectivity index (χ0) is 13.3. The zero-order valence-electron chi connectivity index (χ0n) is 10.2. The number of carboxylic acid groups (broad SMARTS) is 1. The van der Waals surface area contributed by atoms with Crippen molar-refractivity contribution in [2.24, 2.45) is 0 Å². The van der Waals surface area contributed by atoms with Crippen LogP contribution in [0.25, 0.3) is 0 Å². The van der Waals surface area contributed by atoms with Gasteiger partial charge in [-0.05, 0) is 19.4 Å². The molecule has 1 fully saturated rings. The van der Waals surface area contributed by atoms with Gasteiger partial charge in [0.1, 0.15) is 6.10 Å². The fourth-order valence-corrected chi connectivity index (χ4v) is 1.82. The number of Topliss-reactive ketones (excluding diaryl/α,β-unsaturated/α-hetero) is 1. The monoisotopic (exact) mass is 250 g/mol. The summed E-state index contributed by atoms with van der Waals surface area (Å²) in [5, 5.41) is 8.59. The summed E-state index contributed by atoms with van der Waals surface area (Å²) in [6.45, 7) is 4.10. The van der Waals surface area contributed by atoms with Crippen LogP contribution in [0.1, 0.15) is 35.9 Å². The van der Waals surface area contributed by atoms with Crippen LogP contribution in [-0.2, 0) is 14.3 Å². The largest absolute Gasteiger partial charge is 0.475 e. The topological polar surface area (TPSA) is 72.8 Å². The number of hydrogen-bond acceptors (Lipinski definition) is 4.